The van der Waals surface area contributed by atoms with Crippen molar-refractivity contribution < 1.29 is 24.5 Å². The quantitative estimate of drug-likeness (QED) is 0.168. The first kappa shape index (κ1) is 30.0. The molecule has 0 saturated heterocycles. The molecule has 3 aromatic carbocycles. The van der Waals surface area contributed by atoms with E-state index < -0.39 is 0 Å². The molecule has 0 aliphatic carbocycles. The minimum atomic E-state index is 0. The van der Waals surface area contributed by atoms with E-state index in [4.69, 9.17) is 4.42 Å². The number of fused-ring (bicyclic) bond motifs is 4. The zero-order chi connectivity index (χ0) is 30.0. The van der Waals surface area contributed by atoms with Gasteiger partial charge in [-0.1, -0.05) is 41.3 Å². The van der Waals surface area contributed by atoms with Crippen molar-refractivity contribution in [1.29, 1.82) is 0 Å². The molecule has 45 heavy (non-hydrogen) atoms. The van der Waals surface area contributed by atoms with Crippen molar-refractivity contribution in [1.82, 2.24) is 19.9 Å². The van der Waals surface area contributed by atoms with Gasteiger partial charge in [-0.05, 0) is 85.2 Å². The normalized spacial score (nSPS) is 10.8. The Kier molecular flexibility index (Phi) is 8.61. The van der Waals surface area contributed by atoms with Gasteiger partial charge in [0.15, 0.2) is 0 Å². The van der Waals surface area contributed by atoms with Crippen LogP contribution in [0.2, 0.25) is 0 Å². The number of pyridine rings is 4. The van der Waals surface area contributed by atoms with Crippen LogP contribution < -0.4 is 0 Å². The Morgan fingerprint density at radius 1 is 0.644 bits per heavy atom. The van der Waals surface area contributed by atoms with E-state index in [2.05, 4.69) is 74.5 Å². The van der Waals surface area contributed by atoms with Crippen LogP contribution in [0.25, 0.3) is 66.6 Å². The van der Waals surface area contributed by atoms with Gasteiger partial charge < -0.3 is 14.4 Å². The number of rotatable bonds is 3. The predicted molar refractivity (Wildman–Crippen MR) is 177 cm³/mol. The molecule has 1 radical (unpaired) electrons. The van der Waals surface area contributed by atoms with Crippen molar-refractivity contribution in [2.75, 3.05) is 0 Å². The minimum absolute atomic E-state index is 0. The smallest absolute Gasteiger partial charge is 0.216 e. The van der Waals surface area contributed by atoms with Gasteiger partial charge in [-0.25, -0.2) is 4.98 Å². The fourth-order valence-electron chi connectivity index (χ4n) is 5.24. The van der Waals surface area contributed by atoms with Crippen molar-refractivity contribution >= 4 is 33.0 Å². The maximum atomic E-state index is 6.14. The summed E-state index contributed by atoms with van der Waals surface area (Å²) in [6.45, 7) is 6.01. The van der Waals surface area contributed by atoms with Crippen LogP contribution in [-0.4, -0.2) is 19.9 Å². The van der Waals surface area contributed by atoms with Crippen LogP contribution in [-0.2, 0) is 20.1 Å². The predicted octanol–water partition coefficient (Wildman–Crippen LogP) is 9.53. The monoisotopic (exact) mass is 761 g/mol. The van der Waals surface area contributed by atoms with Crippen molar-refractivity contribution in [3.63, 3.8) is 0 Å². The fourth-order valence-corrected chi connectivity index (χ4v) is 5.24. The van der Waals surface area contributed by atoms with Gasteiger partial charge in [0.1, 0.15) is 0 Å². The van der Waals surface area contributed by atoms with Crippen molar-refractivity contribution in [3.05, 3.63) is 145 Å². The van der Waals surface area contributed by atoms with E-state index in [1.54, 1.807) is 0 Å². The number of hydrogen-bond donors (Lipinski definition) is 0. The van der Waals surface area contributed by atoms with Crippen molar-refractivity contribution in [2.24, 2.45) is 0 Å². The molecule has 8 aromatic rings. The number of benzene rings is 3. The topological polar surface area (TPSA) is 64.7 Å². The molecule has 0 fully saturated rings. The second-order valence-electron chi connectivity index (χ2n) is 10.8. The molecule has 5 nitrogen and oxygen atoms in total. The van der Waals surface area contributed by atoms with E-state index in [0.717, 1.165) is 72.3 Å². The molecule has 0 bridgehead atoms. The van der Waals surface area contributed by atoms with Crippen LogP contribution in [0.1, 0.15) is 17.0 Å². The van der Waals surface area contributed by atoms with Gasteiger partial charge in [0.2, 0.25) is 5.71 Å². The summed E-state index contributed by atoms with van der Waals surface area (Å²) in [7, 11) is 0. The van der Waals surface area contributed by atoms with Crippen LogP contribution in [0, 0.1) is 32.9 Å². The zero-order valence-electron chi connectivity index (χ0n) is 25.0. The molecule has 8 rings (SSSR count). The Balaban J connectivity index is 0.000000215. The average molecular weight is 761 g/mol. The second kappa shape index (κ2) is 12.9. The molecular formula is C39H28IrN4O-2. The van der Waals surface area contributed by atoms with Crippen molar-refractivity contribution in [2.45, 2.75) is 20.8 Å². The maximum Gasteiger partial charge on any atom is 0.216 e. The summed E-state index contributed by atoms with van der Waals surface area (Å²) in [5.41, 5.74) is 11.4. The molecule has 0 aliphatic rings. The van der Waals surface area contributed by atoms with E-state index in [1.165, 1.54) is 5.56 Å². The number of nitrogens with zero attached hydrogens (tertiary/aromatic N) is 4. The molecule has 5 heterocycles. The number of aromatic nitrogens is 4. The van der Waals surface area contributed by atoms with Crippen LogP contribution in [0.15, 0.2) is 120 Å². The van der Waals surface area contributed by atoms with Gasteiger partial charge in [-0.15, -0.1) is 54.1 Å². The third-order valence-electron chi connectivity index (χ3n) is 7.51. The first-order valence-corrected chi connectivity index (χ1v) is 14.5. The van der Waals surface area contributed by atoms with Gasteiger partial charge in [-0.3, -0.25) is 4.98 Å². The van der Waals surface area contributed by atoms with Crippen LogP contribution in [0.3, 0.4) is 0 Å². The molecule has 0 N–H and O–H groups in total. The molecule has 221 valence electrons. The van der Waals surface area contributed by atoms with Gasteiger partial charge in [-0.2, -0.15) is 0 Å². The van der Waals surface area contributed by atoms with Gasteiger partial charge in [0.25, 0.3) is 0 Å². The standard InChI is InChI=1S/C27H18N3O.C12H10N.Ir/c1-16-6-8-20-14-18(9-11-24(20)29-16)19-12-13-28-25(15-19)23-5-3-4-21-22-10-7-17(2)30-27(22)31-26(21)23;1-10-7-8-12(13-9-10)11-5-3-2-4-6-11;/h3-4,6-15H,1-2H3;2-5,7-9H,1H3;/q2*-1;. The summed E-state index contributed by atoms with van der Waals surface area (Å²) in [6.07, 6.45) is 3.70. The molecule has 0 aliphatic heterocycles. The Morgan fingerprint density at radius 3 is 2.31 bits per heavy atom. The molecule has 0 amide bonds. The molecular weight excluding hydrogens is 733 g/mol. The van der Waals surface area contributed by atoms with Crippen LogP contribution in [0.5, 0.6) is 0 Å². The average Bonchev–Trinajstić information content (AvgIpc) is 3.43. The Hall–Kier alpha value is -5.03. The second-order valence-corrected chi connectivity index (χ2v) is 10.8. The molecule has 0 unspecified atom stereocenters. The summed E-state index contributed by atoms with van der Waals surface area (Å²) >= 11 is 0. The fraction of sp³-hybridized carbons (Fsp3) is 0.0769. The zero-order valence-corrected chi connectivity index (χ0v) is 27.4. The third-order valence-corrected chi connectivity index (χ3v) is 7.51. The van der Waals surface area contributed by atoms with E-state index in [-0.39, 0.29) is 20.1 Å². The van der Waals surface area contributed by atoms with Crippen molar-refractivity contribution in [3.8, 4) is 33.6 Å². The van der Waals surface area contributed by atoms with Gasteiger partial charge in [0.05, 0.1) is 11.1 Å². The first-order chi connectivity index (χ1) is 21.5. The minimum Gasteiger partial charge on any atom is -0.486 e. The van der Waals surface area contributed by atoms with E-state index in [0.29, 0.717) is 5.71 Å². The number of hydrogen-bond acceptors (Lipinski definition) is 5. The largest absolute Gasteiger partial charge is 0.486 e. The first-order valence-electron chi connectivity index (χ1n) is 14.5. The molecule has 0 spiro atoms. The Bertz CT molecular complexity index is 2260. The third kappa shape index (κ3) is 6.30. The van der Waals surface area contributed by atoms with E-state index >= 15 is 0 Å². The summed E-state index contributed by atoms with van der Waals surface area (Å²) in [6, 6.07) is 41.0. The summed E-state index contributed by atoms with van der Waals surface area (Å²) in [5.74, 6) is 0. The summed E-state index contributed by atoms with van der Waals surface area (Å²) in [4.78, 5) is 18.1. The molecule has 0 saturated carbocycles. The number of aryl methyl sites for hydroxylation is 3. The Labute approximate surface area is 275 Å². The van der Waals surface area contributed by atoms with Gasteiger partial charge >= 0.3 is 0 Å². The van der Waals surface area contributed by atoms with E-state index in [9.17, 15) is 0 Å². The molecule has 0 atom stereocenters. The number of furan rings is 1. The van der Waals surface area contributed by atoms with E-state index in [1.807, 2.05) is 93.8 Å². The Morgan fingerprint density at radius 2 is 1.49 bits per heavy atom. The van der Waals surface area contributed by atoms with Gasteiger partial charge in [0, 0.05) is 54.7 Å². The summed E-state index contributed by atoms with van der Waals surface area (Å²) < 4.78 is 6.14. The SMILES string of the molecule is Cc1ccc(-c2[c-]cccc2)nc1.Cc1ccc2cc(-c3ccnc(-c4[c-]ccc5c4oc4nc(C)ccc45)c3)ccc2n1.[Ir]. The maximum absolute atomic E-state index is 6.14. The summed E-state index contributed by atoms with van der Waals surface area (Å²) in [5, 5.41) is 3.15. The van der Waals surface area contributed by atoms with Crippen LogP contribution >= 0.6 is 0 Å². The molecule has 5 aromatic heterocycles. The molecule has 6 heteroatoms. The van der Waals surface area contributed by atoms with Crippen LogP contribution in [0.4, 0.5) is 0 Å².